The lowest BCUT2D eigenvalue weighted by Crippen LogP contribution is -2.33. The van der Waals surface area contributed by atoms with E-state index in [0.717, 1.165) is 12.8 Å². The third kappa shape index (κ3) is 3.28. The summed E-state index contributed by atoms with van der Waals surface area (Å²) in [5, 5.41) is 0. The fourth-order valence-corrected chi connectivity index (χ4v) is 4.71. The Balaban J connectivity index is 1.84. The van der Waals surface area contributed by atoms with Crippen LogP contribution in [0.2, 0.25) is 19.6 Å². The van der Waals surface area contributed by atoms with E-state index >= 15 is 0 Å². The van der Waals surface area contributed by atoms with Gasteiger partial charge in [-0.15, -0.1) is 0 Å². The molecule has 0 N–H and O–H groups in total. The van der Waals surface area contributed by atoms with Gasteiger partial charge in [-0.1, -0.05) is 60.7 Å². The molecular formula is C19H24OSi. The van der Waals surface area contributed by atoms with Crippen LogP contribution in [0.3, 0.4) is 0 Å². The molecule has 1 aliphatic carbocycles. The van der Waals surface area contributed by atoms with Gasteiger partial charge in [-0.3, -0.25) is 0 Å². The van der Waals surface area contributed by atoms with Crippen molar-refractivity contribution in [2.75, 3.05) is 0 Å². The van der Waals surface area contributed by atoms with Crippen molar-refractivity contribution in [2.45, 2.75) is 38.1 Å². The lowest BCUT2D eigenvalue weighted by atomic mass is 10.0. The quantitative estimate of drug-likeness (QED) is 0.706. The molecule has 0 amide bonds. The summed E-state index contributed by atoms with van der Waals surface area (Å²) in [4.78, 5) is 0. The van der Waals surface area contributed by atoms with Crippen molar-refractivity contribution in [1.82, 2.24) is 0 Å². The summed E-state index contributed by atoms with van der Waals surface area (Å²) in [5.74, 6) is 0.606. The van der Waals surface area contributed by atoms with E-state index in [-0.39, 0.29) is 5.60 Å². The molecule has 0 radical (unpaired) electrons. The number of benzene rings is 2. The van der Waals surface area contributed by atoms with Gasteiger partial charge in [-0.25, -0.2) is 0 Å². The second-order valence-corrected chi connectivity index (χ2v) is 11.5. The molecule has 3 rings (SSSR count). The average Bonchev–Trinajstić information content (AvgIpc) is 3.12. The van der Waals surface area contributed by atoms with Crippen LogP contribution < -0.4 is 0 Å². The maximum atomic E-state index is 6.65. The van der Waals surface area contributed by atoms with E-state index in [1.807, 2.05) is 0 Å². The van der Waals surface area contributed by atoms with Crippen LogP contribution >= 0.6 is 0 Å². The molecule has 2 aromatic rings. The first-order valence-electron chi connectivity index (χ1n) is 7.79. The van der Waals surface area contributed by atoms with Gasteiger partial charge in [-0.2, -0.15) is 0 Å². The van der Waals surface area contributed by atoms with E-state index in [1.54, 1.807) is 0 Å². The first-order valence-corrected chi connectivity index (χ1v) is 11.2. The fraction of sp³-hybridized carbons (Fsp3) is 0.368. The van der Waals surface area contributed by atoms with Crippen LogP contribution in [-0.4, -0.2) is 8.32 Å². The topological polar surface area (TPSA) is 9.23 Å². The summed E-state index contributed by atoms with van der Waals surface area (Å²) in [6, 6.07) is 21.6. The van der Waals surface area contributed by atoms with Crippen LogP contribution in [0.25, 0.3) is 0 Å². The zero-order chi connectivity index (χ0) is 14.9. The number of hydrogen-bond acceptors (Lipinski definition) is 1. The number of rotatable bonds is 5. The van der Waals surface area contributed by atoms with Crippen molar-refractivity contribution in [3.05, 3.63) is 71.8 Å². The first kappa shape index (κ1) is 14.5. The molecule has 1 fully saturated rings. The Hall–Kier alpha value is -1.38. The molecule has 2 unspecified atom stereocenters. The summed E-state index contributed by atoms with van der Waals surface area (Å²) >= 11 is 0. The highest BCUT2D eigenvalue weighted by molar-refractivity contribution is 6.69. The molecule has 0 spiro atoms. The summed E-state index contributed by atoms with van der Waals surface area (Å²) in [5.41, 5.74) is 2.73. The minimum absolute atomic E-state index is 0.0401. The molecule has 0 saturated heterocycles. The van der Waals surface area contributed by atoms with Gasteiger partial charge < -0.3 is 4.43 Å². The van der Waals surface area contributed by atoms with Gasteiger partial charge in [0, 0.05) is 0 Å². The molecule has 0 heterocycles. The molecular weight excluding hydrogens is 272 g/mol. The van der Waals surface area contributed by atoms with Gasteiger partial charge in [0.1, 0.15) is 0 Å². The molecule has 0 bridgehead atoms. The second-order valence-electron chi connectivity index (χ2n) is 7.06. The molecule has 2 aromatic carbocycles. The Bertz CT molecular complexity index is 588. The summed E-state index contributed by atoms with van der Waals surface area (Å²) in [6.45, 7) is 6.86. The molecule has 1 nitrogen and oxygen atoms in total. The van der Waals surface area contributed by atoms with Crippen LogP contribution in [0.4, 0.5) is 0 Å². The third-order valence-corrected chi connectivity index (χ3v) is 5.10. The smallest absolute Gasteiger partial charge is 0.184 e. The Morgan fingerprint density at radius 3 is 2.10 bits per heavy atom. The van der Waals surface area contributed by atoms with Gasteiger partial charge >= 0.3 is 0 Å². The lowest BCUT2D eigenvalue weighted by molar-refractivity contribution is 0.152. The van der Waals surface area contributed by atoms with E-state index in [4.69, 9.17) is 4.43 Å². The van der Waals surface area contributed by atoms with E-state index in [1.165, 1.54) is 11.1 Å². The molecule has 0 aromatic heterocycles. The highest BCUT2D eigenvalue weighted by Gasteiger charge is 2.57. The predicted molar refractivity (Wildman–Crippen MR) is 90.8 cm³/mol. The van der Waals surface area contributed by atoms with Crippen molar-refractivity contribution in [2.24, 2.45) is 5.92 Å². The van der Waals surface area contributed by atoms with Crippen molar-refractivity contribution in [1.29, 1.82) is 0 Å². The molecule has 0 aliphatic heterocycles. The Morgan fingerprint density at radius 2 is 1.52 bits per heavy atom. The Kier molecular flexibility index (Phi) is 3.76. The zero-order valence-corrected chi connectivity index (χ0v) is 14.2. The fourth-order valence-electron chi connectivity index (χ4n) is 3.25. The van der Waals surface area contributed by atoms with Gasteiger partial charge in [0.2, 0.25) is 0 Å². The van der Waals surface area contributed by atoms with Gasteiger partial charge in [0.15, 0.2) is 8.32 Å². The summed E-state index contributed by atoms with van der Waals surface area (Å²) < 4.78 is 6.65. The predicted octanol–water partition coefficient (Wildman–Crippen LogP) is 5.00. The third-order valence-electron chi connectivity index (χ3n) is 4.12. The van der Waals surface area contributed by atoms with Crippen molar-refractivity contribution in [3.63, 3.8) is 0 Å². The molecule has 21 heavy (non-hydrogen) atoms. The second kappa shape index (κ2) is 5.43. The van der Waals surface area contributed by atoms with Crippen molar-refractivity contribution in [3.8, 4) is 0 Å². The van der Waals surface area contributed by atoms with E-state index in [9.17, 15) is 0 Å². The Morgan fingerprint density at radius 1 is 0.952 bits per heavy atom. The SMILES string of the molecule is C[Si](C)(C)OC1(c2ccccc2)CC1Cc1ccccc1. The minimum Gasteiger partial charge on any atom is -0.408 e. The van der Waals surface area contributed by atoms with Crippen LogP contribution in [0.1, 0.15) is 17.5 Å². The zero-order valence-electron chi connectivity index (χ0n) is 13.2. The van der Waals surface area contributed by atoms with Crippen LogP contribution in [0.15, 0.2) is 60.7 Å². The van der Waals surface area contributed by atoms with E-state index in [2.05, 4.69) is 80.3 Å². The number of hydrogen-bond donors (Lipinski definition) is 0. The molecule has 1 aliphatic rings. The molecule has 110 valence electrons. The maximum absolute atomic E-state index is 6.65. The molecule has 2 heteroatoms. The average molecular weight is 296 g/mol. The largest absolute Gasteiger partial charge is 0.408 e. The lowest BCUT2D eigenvalue weighted by Gasteiger charge is -2.28. The van der Waals surface area contributed by atoms with E-state index < -0.39 is 8.32 Å². The van der Waals surface area contributed by atoms with E-state index in [0.29, 0.717) is 5.92 Å². The summed E-state index contributed by atoms with van der Waals surface area (Å²) in [7, 11) is -1.57. The maximum Gasteiger partial charge on any atom is 0.184 e. The monoisotopic (exact) mass is 296 g/mol. The van der Waals surface area contributed by atoms with Gasteiger partial charge in [0.25, 0.3) is 0 Å². The standard InChI is InChI=1S/C19H24OSi/c1-21(2,3)20-19(17-12-8-5-9-13-17)15-18(19)14-16-10-6-4-7-11-16/h4-13,18H,14-15H2,1-3H3. The van der Waals surface area contributed by atoms with Gasteiger partial charge in [0.05, 0.1) is 5.60 Å². The normalized spacial score (nSPS) is 24.8. The van der Waals surface area contributed by atoms with Crippen LogP contribution in [-0.2, 0) is 16.4 Å². The van der Waals surface area contributed by atoms with Gasteiger partial charge in [-0.05, 0) is 49.5 Å². The minimum atomic E-state index is -1.57. The van der Waals surface area contributed by atoms with Crippen molar-refractivity contribution < 1.29 is 4.43 Å². The molecule has 2 atom stereocenters. The highest BCUT2D eigenvalue weighted by atomic mass is 28.4. The van der Waals surface area contributed by atoms with Crippen LogP contribution in [0.5, 0.6) is 0 Å². The van der Waals surface area contributed by atoms with Crippen LogP contribution in [0, 0.1) is 5.92 Å². The molecule has 1 saturated carbocycles. The van der Waals surface area contributed by atoms with Crippen molar-refractivity contribution >= 4 is 8.32 Å². The first-order chi connectivity index (χ1) is 10.00. The Labute approximate surface area is 129 Å². The highest BCUT2D eigenvalue weighted by Crippen LogP contribution is 2.57. The summed E-state index contributed by atoms with van der Waals surface area (Å²) in [6.07, 6.45) is 2.26.